The van der Waals surface area contributed by atoms with Crippen LogP contribution in [-0.4, -0.2) is 60.0 Å². The maximum absolute atomic E-state index is 12.0. The summed E-state index contributed by atoms with van der Waals surface area (Å²) < 4.78 is 0. The van der Waals surface area contributed by atoms with Gasteiger partial charge in [-0.3, -0.25) is 14.4 Å². The monoisotopic (exact) mass is 255 g/mol. The lowest BCUT2D eigenvalue weighted by Crippen LogP contribution is -2.50. The maximum Gasteiger partial charge on any atom is 0.345 e. The molecular weight excluding hydrogens is 238 g/mol. The molecule has 0 aliphatic carbocycles. The molecule has 2 aliphatic rings. The second-order valence-electron chi connectivity index (χ2n) is 4.61. The molecule has 2 rings (SSSR count). The summed E-state index contributed by atoms with van der Waals surface area (Å²) >= 11 is 0. The highest BCUT2D eigenvalue weighted by Crippen LogP contribution is 2.29. The Bertz CT molecular complexity index is 384. The van der Waals surface area contributed by atoms with Crippen LogP contribution in [0.5, 0.6) is 0 Å². The van der Waals surface area contributed by atoms with E-state index >= 15 is 0 Å². The molecule has 2 fully saturated rings. The lowest BCUT2D eigenvalue weighted by atomic mass is 10.0. The molecule has 18 heavy (non-hydrogen) atoms. The summed E-state index contributed by atoms with van der Waals surface area (Å²) in [5.41, 5.74) is 0. The third-order valence-electron chi connectivity index (χ3n) is 3.33. The molecule has 0 saturated carbocycles. The number of hydrogen-bond donors (Lipinski definition) is 1. The van der Waals surface area contributed by atoms with Crippen LogP contribution in [0.4, 0.5) is 4.79 Å². The van der Waals surface area contributed by atoms with Gasteiger partial charge >= 0.3 is 6.03 Å². The normalized spacial score (nSPS) is 26.4. The van der Waals surface area contributed by atoms with Gasteiger partial charge in [0, 0.05) is 6.54 Å². The van der Waals surface area contributed by atoms with Gasteiger partial charge in [-0.25, -0.2) is 4.79 Å². The lowest BCUT2D eigenvalue weighted by Gasteiger charge is -2.29. The SMILES string of the molecule is CON1C(=O)N2C[C@H]1CC[C@H]2C(=O)NCC(C)=O. The van der Waals surface area contributed by atoms with E-state index in [9.17, 15) is 14.4 Å². The highest BCUT2D eigenvalue weighted by molar-refractivity contribution is 5.91. The number of hydroxylamine groups is 2. The van der Waals surface area contributed by atoms with E-state index in [-0.39, 0.29) is 30.3 Å². The first kappa shape index (κ1) is 12.8. The van der Waals surface area contributed by atoms with Crippen molar-refractivity contribution in [3.05, 3.63) is 0 Å². The van der Waals surface area contributed by atoms with Crippen LogP contribution < -0.4 is 5.32 Å². The minimum atomic E-state index is -0.492. The molecule has 2 saturated heterocycles. The summed E-state index contributed by atoms with van der Waals surface area (Å²) in [6.45, 7) is 1.92. The Balaban J connectivity index is 2.01. The number of nitrogens with one attached hydrogen (secondary N) is 1. The molecule has 7 heteroatoms. The highest BCUT2D eigenvalue weighted by atomic mass is 16.7. The summed E-state index contributed by atoms with van der Waals surface area (Å²) in [4.78, 5) is 41.2. The number of amides is 3. The zero-order valence-corrected chi connectivity index (χ0v) is 10.5. The van der Waals surface area contributed by atoms with E-state index in [4.69, 9.17) is 4.84 Å². The van der Waals surface area contributed by atoms with Gasteiger partial charge in [-0.15, -0.1) is 0 Å². The van der Waals surface area contributed by atoms with Crippen LogP contribution in [0.1, 0.15) is 19.8 Å². The average molecular weight is 255 g/mol. The minimum Gasteiger partial charge on any atom is -0.347 e. The second-order valence-corrected chi connectivity index (χ2v) is 4.61. The Morgan fingerprint density at radius 1 is 1.44 bits per heavy atom. The Kier molecular flexibility index (Phi) is 3.51. The van der Waals surface area contributed by atoms with Crippen LogP contribution >= 0.6 is 0 Å². The van der Waals surface area contributed by atoms with Crippen molar-refractivity contribution < 1.29 is 19.2 Å². The quantitative estimate of drug-likeness (QED) is 0.736. The average Bonchev–Trinajstić information content (AvgIpc) is 2.59. The smallest absolute Gasteiger partial charge is 0.345 e. The fourth-order valence-electron chi connectivity index (χ4n) is 2.47. The topological polar surface area (TPSA) is 79.0 Å². The van der Waals surface area contributed by atoms with Gasteiger partial charge in [-0.2, -0.15) is 5.06 Å². The zero-order valence-electron chi connectivity index (χ0n) is 10.5. The molecule has 0 spiro atoms. The molecule has 0 radical (unpaired) electrons. The van der Waals surface area contributed by atoms with Crippen LogP contribution in [0, 0.1) is 0 Å². The number of fused-ring (bicyclic) bond motifs is 2. The van der Waals surface area contributed by atoms with Gasteiger partial charge in [-0.1, -0.05) is 0 Å². The molecule has 0 aromatic rings. The van der Waals surface area contributed by atoms with E-state index in [1.807, 2.05) is 0 Å². The molecular formula is C11H17N3O4. The molecule has 0 aromatic heterocycles. The number of urea groups is 1. The van der Waals surface area contributed by atoms with Gasteiger partial charge < -0.3 is 10.2 Å². The minimum absolute atomic E-state index is 0.00871. The fourth-order valence-corrected chi connectivity index (χ4v) is 2.47. The summed E-state index contributed by atoms with van der Waals surface area (Å²) in [6, 6.07) is -0.740. The highest BCUT2D eigenvalue weighted by Gasteiger charge is 2.47. The third-order valence-corrected chi connectivity index (χ3v) is 3.33. The van der Waals surface area contributed by atoms with Gasteiger partial charge in [0.05, 0.1) is 19.7 Å². The van der Waals surface area contributed by atoms with Gasteiger partial charge in [0.1, 0.15) is 11.8 Å². The van der Waals surface area contributed by atoms with Crippen molar-refractivity contribution in [2.45, 2.75) is 31.8 Å². The fraction of sp³-hybridized carbons (Fsp3) is 0.727. The first-order valence-corrected chi connectivity index (χ1v) is 5.95. The zero-order chi connectivity index (χ0) is 13.3. The van der Waals surface area contributed by atoms with Crippen LogP contribution in [0.3, 0.4) is 0 Å². The number of nitrogens with zero attached hydrogens (tertiary/aromatic N) is 2. The van der Waals surface area contributed by atoms with Crippen molar-refractivity contribution in [3.8, 4) is 0 Å². The summed E-state index contributed by atoms with van der Waals surface area (Å²) in [7, 11) is 1.45. The van der Waals surface area contributed by atoms with Crippen molar-refractivity contribution in [1.82, 2.24) is 15.3 Å². The Morgan fingerprint density at radius 2 is 2.17 bits per heavy atom. The summed E-state index contributed by atoms with van der Waals surface area (Å²) in [6.07, 6.45) is 1.33. The number of piperidine rings is 1. The van der Waals surface area contributed by atoms with Crippen LogP contribution in [0.15, 0.2) is 0 Å². The predicted octanol–water partition coefficient (Wildman–Crippen LogP) is -0.478. The van der Waals surface area contributed by atoms with Crippen LogP contribution in [0.2, 0.25) is 0 Å². The van der Waals surface area contributed by atoms with Crippen molar-refractivity contribution in [2.75, 3.05) is 20.2 Å². The van der Waals surface area contributed by atoms with E-state index in [1.54, 1.807) is 0 Å². The molecule has 2 bridgehead atoms. The van der Waals surface area contributed by atoms with Gasteiger partial charge in [0.15, 0.2) is 0 Å². The largest absolute Gasteiger partial charge is 0.347 e. The molecule has 100 valence electrons. The van der Waals surface area contributed by atoms with Crippen LogP contribution in [-0.2, 0) is 14.4 Å². The first-order valence-electron chi connectivity index (χ1n) is 5.95. The Morgan fingerprint density at radius 3 is 2.78 bits per heavy atom. The number of carbonyl (C=O) groups is 3. The molecule has 2 atom stereocenters. The standard InChI is InChI=1S/C11H17N3O4/c1-7(15)5-12-10(16)9-4-3-8-6-13(9)11(17)14(8)18-2/h8-9H,3-6H2,1-2H3,(H,12,16)/t8-,9+/m1/s1. The predicted molar refractivity (Wildman–Crippen MR) is 61.5 cm³/mol. The van der Waals surface area contributed by atoms with Crippen LogP contribution in [0.25, 0.3) is 0 Å². The van der Waals surface area contributed by atoms with E-state index in [0.29, 0.717) is 13.0 Å². The Hall–Kier alpha value is -1.63. The van der Waals surface area contributed by atoms with E-state index in [2.05, 4.69) is 5.32 Å². The molecule has 3 amide bonds. The van der Waals surface area contributed by atoms with Crippen molar-refractivity contribution in [1.29, 1.82) is 0 Å². The van der Waals surface area contributed by atoms with E-state index < -0.39 is 6.04 Å². The number of Topliss-reactive ketones (excluding diaryl/α,β-unsaturated/α-hetero) is 1. The van der Waals surface area contributed by atoms with Crippen molar-refractivity contribution in [2.24, 2.45) is 0 Å². The summed E-state index contributed by atoms with van der Waals surface area (Å²) in [5.74, 6) is -0.377. The molecule has 7 nitrogen and oxygen atoms in total. The number of carbonyl (C=O) groups excluding carboxylic acids is 3. The molecule has 0 aromatic carbocycles. The third kappa shape index (κ3) is 2.17. The van der Waals surface area contributed by atoms with Crippen molar-refractivity contribution >= 4 is 17.7 Å². The Labute approximate surface area is 105 Å². The molecule has 2 aliphatic heterocycles. The second kappa shape index (κ2) is 4.93. The van der Waals surface area contributed by atoms with E-state index in [0.717, 1.165) is 6.42 Å². The molecule has 1 N–H and O–H groups in total. The van der Waals surface area contributed by atoms with Gasteiger partial charge in [0.25, 0.3) is 0 Å². The van der Waals surface area contributed by atoms with E-state index in [1.165, 1.54) is 24.0 Å². The maximum atomic E-state index is 12.0. The first-order chi connectivity index (χ1) is 8.54. The molecule has 0 unspecified atom stereocenters. The van der Waals surface area contributed by atoms with Crippen molar-refractivity contribution in [3.63, 3.8) is 0 Å². The number of rotatable bonds is 4. The lowest BCUT2D eigenvalue weighted by molar-refractivity contribution is -0.128. The van der Waals surface area contributed by atoms with Gasteiger partial charge in [0.2, 0.25) is 5.91 Å². The molecule has 2 heterocycles. The number of hydrogen-bond acceptors (Lipinski definition) is 4. The number of ketones is 1. The van der Waals surface area contributed by atoms with Gasteiger partial charge in [-0.05, 0) is 19.8 Å². The summed E-state index contributed by atoms with van der Waals surface area (Å²) in [5, 5.41) is 3.86.